The van der Waals surface area contributed by atoms with Gasteiger partial charge in [-0.1, -0.05) is 25.5 Å². The Bertz CT molecular complexity index is 396. The molecule has 0 amide bonds. The van der Waals surface area contributed by atoms with Crippen LogP contribution in [0.4, 0.5) is 4.39 Å². The van der Waals surface area contributed by atoms with Gasteiger partial charge in [-0.25, -0.2) is 4.39 Å². The predicted molar refractivity (Wildman–Crippen MR) is 78.8 cm³/mol. The zero-order chi connectivity index (χ0) is 13.8. The largest absolute Gasteiger partial charge is 0.310 e. The van der Waals surface area contributed by atoms with E-state index in [-0.39, 0.29) is 5.82 Å². The molecule has 106 valence electrons. The first-order valence-electron chi connectivity index (χ1n) is 7.59. The van der Waals surface area contributed by atoms with Crippen molar-refractivity contribution >= 4 is 0 Å². The molecule has 2 heteroatoms. The van der Waals surface area contributed by atoms with Crippen LogP contribution < -0.4 is 5.32 Å². The second kappa shape index (κ2) is 6.51. The van der Waals surface area contributed by atoms with E-state index in [2.05, 4.69) is 12.2 Å². The lowest BCUT2D eigenvalue weighted by Crippen LogP contribution is -2.32. The van der Waals surface area contributed by atoms with Crippen LogP contribution in [0.3, 0.4) is 0 Å². The van der Waals surface area contributed by atoms with Crippen molar-refractivity contribution in [1.82, 2.24) is 5.32 Å². The van der Waals surface area contributed by atoms with Gasteiger partial charge in [0.15, 0.2) is 0 Å². The summed E-state index contributed by atoms with van der Waals surface area (Å²) >= 11 is 0. The first kappa shape index (κ1) is 14.5. The Hall–Kier alpha value is -0.890. The van der Waals surface area contributed by atoms with E-state index >= 15 is 0 Å². The van der Waals surface area contributed by atoms with Crippen molar-refractivity contribution in [2.75, 3.05) is 0 Å². The minimum absolute atomic E-state index is 0.0628. The second-order valence-electron chi connectivity index (χ2n) is 6.05. The Balaban J connectivity index is 1.86. The molecule has 0 aromatic heterocycles. The minimum atomic E-state index is -0.0628. The van der Waals surface area contributed by atoms with Gasteiger partial charge in [-0.2, -0.15) is 0 Å². The van der Waals surface area contributed by atoms with Gasteiger partial charge in [0.2, 0.25) is 0 Å². The first-order valence-corrected chi connectivity index (χ1v) is 7.59. The fourth-order valence-corrected chi connectivity index (χ4v) is 3.17. The topological polar surface area (TPSA) is 12.0 Å². The van der Waals surface area contributed by atoms with Gasteiger partial charge in [0, 0.05) is 12.6 Å². The van der Waals surface area contributed by atoms with Gasteiger partial charge in [0.05, 0.1) is 0 Å². The lowest BCUT2D eigenvalue weighted by Gasteiger charge is -2.28. The number of halogens is 1. The van der Waals surface area contributed by atoms with Gasteiger partial charge in [-0.3, -0.25) is 0 Å². The fraction of sp³-hybridized carbons (Fsp3) is 0.647. The van der Waals surface area contributed by atoms with Crippen molar-refractivity contribution in [1.29, 1.82) is 0 Å². The van der Waals surface area contributed by atoms with E-state index in [1.807, 2.05) is 26.0 Å². The molecule has 0 spiro atoms. The summed E-state index contributed by atoms with van der Waals surface area (Å²) in [5.74, 6) is 0.876. The summed E-state index contributed by atoms with van der Waals surface area (Å²) in [5.41, 5.74) is 2.71. The van der Waals surface area contributed by atoms with Gasteiger partial charge in [0.1, 0.15) is 5.82 Å². The number of nitrogens with one attached hydrogen (secondary N) is 1. The SMILES string of the molecule is CCC1CCC(NCc2cc(C)c(F)c(C)c2)CC1. The van der Waals surface area contributed by atoms with E-state index in [1.54, 1.807) is 0 Å². The summed E-state index contributed by atoms with van der Waals surface area (Å²) < 4.78 is 13.6. The maximum absolute atomic E-state index is 13.6. The van der Waals surface area contributed by atoms with Crippen molar-refractivity contribution < 1.29 is 4.39 Å². The molecule has 1 aromatic carbocycles. The van der Waals surface area contributed by atoms with E-state index in [1.165, 1.54) is 37.7 Å². The molecule has 1 aromatic rings. The first-order chi connectivity index (χ1) is 9.10. The molecule has 0 heterocycles. The van der Waals surface area contributed by atoms with Crippen molar-refractivity contribution in [2.45, 2.75) is 65.5 Å². The molecule has 1 N–H and O–H groups in total. The number of aryl methyl sites for hydroxylation is 2. The summed E-state index contributed by atoms with van der Waals surface area (Å²) in [6, 6.07) is 4.58. The Labute approximate surface area is 116 Å². The molecule has 2 rings (SSSR count). The summed E-state index contributed by atoms with van der Waals surface area (Å²) in [4.78, 5) is 0. The number of hydrogen-bond acceptors (Lipinski definition) is 1. The highest BCUT2D eigenvalue weighted by Gasteiger charge is 2.19. The van der Waals surface area contributed by atoms with Gasteiger partial charge in [-0.05, 0) is 62.1 Å². The highest BCUT2D eigenvalue weighted by molar-refractivity contribution is 5.30. The molecule has 0 unspecified atom stereocenters. The Morgan fingerprint density at radius 1 is 1.11 bits per heavy atom. The highest BCUT2D eigenvalue weighted by Crippen LogP contribution is 2.26. The van der Waals surface area contributed by atoms with Crippen molar-refractivity contribution in [3.63, 3.8) is 0 Å². The third kappa shape index (κ3) is 3.79. The fourth-order valence-electron chi connectivity index (χ4n) is 3.17. The predicted octanol–water partition coefficient (Wildman–Crippen LogP) is 4.50. The monoisotopic (exact) mass is 263 g/mol. The summed E-state index contributed by atoms with van der Waals surface area (Å²) in [6.07, 6.45) is 6.61. The smallest absolute Gasteiger partial charge is 0.129 e. The quantitative estimate of drug-likeness (QED) is 0.843. The van der Waals surface area contributed by atoms with Crippen LogP contribution in [0.15, 0.2) is 12.1 Å². The molecule has 1 nitrogen and oxygen atoms in total. The van der Waals surface area contributed by atoms with Crippen LogP contribution in [0.1, 0.15) is 55.7 Å². The van der Waals surface area contributed by atoms with Crippen LogP contribution in [-0.4, -0.2) is 6.04 Å². The molecule has 0 saturated heterocycles. The lowest BCUT2D eigenvalue weighted by atomic mass is 9.84. The van der Waals surface area contributed by atoms with E-state index < -0.39 is 0 Å². The second-order valence-corrected chi connectivity index (χ2v) is 6.05. The van der Waals surface area contributed by atoms with Gasteiger partial charge < -0.3 is 5.32 Å². The van der Waals surface area contributed by atoms with Crippen LogP contribution in [-0.2, 0) is 6.54 Å². The summed E-state index contributed by atoms with van der Waals surface area (Å²) in [5, 5.41) is 3.63. The zero-order valence-electron chi connectivity index (χ0n) is 12.4. The molecule has 0 aliphatic heterocycles. The van der Waals surface area contributed by atoms with Gasteiger partial charge in [0.25, 0.3) is 0 Å². The van der Waals surface area contributed by atoms with Crippen molar-refractivity contribution in [2.24, 2.45) is 5.92 Å². The molecular formula is C17H26FN. The maximum atomic E-state index is 13.6. The molecule has 19 heavy (non-hydrogen) atoms. The third-order valence-corrected chi connectivity index (χ3v) is 4.52. The highest BCUT2D eigenvalue weighted by atomic mass is 19.1. The molecule has 1 aliphatic rings. The third-order valence-electron chi connectivity index (χ3n) is 4.52. The summed E-state index contributed by atoms with van der Waals surface area (Å²) in [6.45, 7) is 6.85. The molecule has 0 radical (unpaired) electrons. The number of rotatable bonds is 4. The molecule has 0 atom stereocenters. The van der Waals surface area contributed by atoms with Crippen LogP contribution in [0.2, 0.25) is 0 Å². The lowest BCUT2D eigenvalue weighted by molar-refractivity contribution is 0.285. The number of benzene rings is 1. The molecule has 1 fully saturated rings. The average Bonchev–Trinajstić information content (AvgIpc) is 2.43. The summed E-state index contributed by atoms with van der Waals surface area (Å²) in [7, 11) is 0. The van der Waals surface area contributed by atoms with Gasteiger partial charge in [-0.15, -0.1) is 0 Å². The standard InChI is InChI=1S/C17H26FN/c1-4-14-5-7-16(8-6-14)19-11-15-9-12(2)17(18)13(3)10-15/h9-10,14,16,19H,4-8,11H2,1-3H3. The maximum Gasteiger partial charge on any atom is 0.129 e. The van der Waals surface area contributed by atoms with E-state index in [0.717, 1.165) is 23.6 Å². The normalized spacial score (nSPS) is 23.6. The molecular weight excluding hydrogens is 237 g/mol. The van der Waals surface area contributed by atoms with Crippen LogP contribution in [0.5, 0.6) is 0 Å². The average molecular weight is 263 g/mol. The zero-order valence-corrected chi connectivity index (χ0v) is 12.4. The van der Waals surface area contributed by atoms with Crippen molar-refractivity contribution in [3.05, 3.63) is 34.6 Å². The van der Waals surface area contributed by atoms with E-state index in [0.29, 0.717) is 6.04 Å². The molecule has 1 saturated carbocycles. The van der Waals surface area contributed by atoms with E-state index in [9.17, 15) is 4.39 Å². The Morgan fingerprint density at radius 2 is 1.68 bits per heavy atom. The van der Waals surface area contributed by atoms with E-state index in [4.69, 9.17) is 0 Å². The van der Waals surface area contributed by atoms with Crippen LogP contribution >= 0.6 is 0 Å². The number of hydrogen-bond donors (Lipinski definition) is 1. The van der Waals surface area contributed by atoms with Crippen LogP contribution in [0, 0.1) is 25.6 Å². The van der Waals surface area contributed by atoms with Crippen LogP contribution in [0.25, 0.3) is 0 Å². The molecule has 0 bridgehead atoms. The Morgan fingerprint density at radius 3 is 2.21 bits per heavy atom. The minimum Gasteiger partial charge on any atom is -0.310 e. The molecule has 1 aliphatic carbocycles. The Kier molecular flexibility index (Phi) is 4.98. The van der Waals surface area contributed by atoms with Gasteiger partial charge >= 0.3 is 0 Å². The van der Waals surface area contributed by atoms with Crippen molar-refractivity contribution in [3.8, 4) is 0 Å².